The highest BCUT2D eigenvalue weighted by Gasteiger charge is 2.11. The molecule has 1 N–H and O–H groups in total. The van der Waals surface area contributed by atoms with Crippen molar-refractivity contribution in [2.24, 2.45) is 0 Å². The van der Waals surface area contributed by atoms with Crippen molar-refractivity contribution in [2.45, 2.75) is 25.9 Å². The Labute approximate surface area is 120 Å². The molecule has 5 heteroatoms. The molecular formula is C16H15F4N. The lowest BCUT2D eigenvalue weighted by atomic mass is 10.1. The molecule has 2 aromatic rings. The van der Waals surface area contributed by atoms with Gasteiger partial charge in [-0.05, 0) is 48.7 Å². The predicted octanol–water partition coefficient (Wildman–Crippen LogP) is 3.96. The number of hydrogen-bond acceptors (Lipinski definition) is 1. The minimum absolute atomic E-state index is 0.0200. The molecule has 0 radical (unpaired) electrons. The first-order valence-corrected chi connectivity index (χ1v) is 6.57. The first-order chi connectivity index (χ1) is 9.95. The first-order valence-electron chi connectivity index (χ1n) is 6.57. The van der Waals surface area contributed by atoms with Crippen molar-refractivity contribution in [3.8, 4) is 0 Å². The third kappa shape index (κ3) is 4.29. The molecule has 2 rings (SSSR count). The highest BCUT2D eigenvalue weighted by Crippen LogP contribution is 2.14. The van der Waals surface area contributed by atoms with Gasteiger partial charge in [0.25, 0.3) is 0 Å². The van der Waals surface area contributed by atoms with Gasteiger partial charge in [0.15, 0.2) is 17.5 Å². The van der Waals surface area contributed by atoms with Crippen LogP contribution in [0.2, 0.25) is 0 Å². The molecule has 1 nitrogen and oxygen atoms in total. The summed E-state index contributed by atoms with van der Waals surface area (Å²) in [6.07, 6.45) is 0.645. The number of rotatable bonds is 5. The average Bonchev–Trinajstić information content (AvgIpc) is 2.45. The van der Waals surface area contributed by atoms with Gasteiger partial charge in [0, 0.05) is 12.6 Å². The summed E-state index contributed by atoms with van der Waals surface area (Å²) in [6, 6.07) is 8.09. The second kappa shape index (κ2) is 6.72. The van der Waals surface area contributed by atoms with Gasteiger partial charge < -0.3 is 5.32 Å². The van der Waals surface area contributed by atoms with Crippen LogP contribution in [0.25, 0.3) is 0 Å². The summed E-state index contributed by atoms with van der Waals surface area (Å²) >= 11 is 0. The van der Waals surface area contributed by atoms with E-state index in [0.717, 1.165) is 17.7 Å². The van der Waals surface area contributed by atoms with Gasteiger partial charge in [0.1, 0.15) is 5.82 Å². The highest BCUT2D eigenvalue weighted by molar-refractivity contribution is 5.20. The van der Waals surface area contributed by atoms with E-state index in [9.17, 15) is 17.6 Å². The summed E-state index contributed by atoms with van der Waals surface area (Å²) in [5.41, 5.74) is 1.28. The van der Waals surface area contributed by atoms with Crippen molar-refractivity contribution in [3.05, 3.63) is 70.8 Å². The Hall–Kier alpha value is -1.88. The minimum atomic E-state index is -1.46. The molecule has 2 aromatic carbocycles. The maximum atomic E-state index is 13.1. The largest absolute Gasteiger partial charge is 0.310 e. The lowest BCUT2D eigenvalue weighted by Crippen LogP contribution is -2.27. The Morgan fingerprint density at radius 1 is 0.905 bits per heavy atom. The molecule has 0 saturated heterocycles. The molecule has 112 valence electrons. The average molecular weight is 297 g/mol. The van der Waals surface area contributed by atoms with Crippen LogP contribution in [0.1, 0.15) is 18.1 Å². The van der Waals surface area contributed by atoms with Crippen molar-refractivity contribution in [1.29, 1.82) is 0 Å². The normalized spacial score (nSPS) is 12.4. The predicted molar refractivity (Wildman–Crippen MR) is 72.7 cm³/mol. The lowest BCUT2D eigenvalue weighted by Gasteiger charge is -2.14. The summed E-state index contributed by atoms with van der Waals surface area (Å²) in [6.45, 7) is 2.12. The van der Waals surface area contributed by atoms with Crippen molar-refractivity contribution >= 4 is 0 Å². The van der Waals surface area contributed by atoms with Crippen molar-refractivity contribution in [2.75, 3.05) is 0 Å². The van der Waals surface area contributed by atoms with Gasteiger partial charge in [-0.3, -0.25) is 0 Å². The zero-order valence-electron chi connectivity index (χ0n) is 11.5. The number of benzene rings is 2. The molecule has 0 amide bonds. The van der Waals surface area contributed by atoms with Crippen LogP contribution in [0, 0.1) is 23.3 Å². The number of halogens is 4. The fraction of sp³-hybridized carbons (Fsp3) is 0.250. The molecule has 21 heavy (non-hydrogen) atoms. The van der Waals surface area contributed by atoms with E-state index in [0.29, 0.717) is 12.0 Å². The van der Waals surface area contributed by atoms with Gasteiger partial charge in [0.05, 0.1) is 0 Å². The van der Waals surface area contributed by atoms with Crippen molar-refractivity contribution < 1.29 is 17.6 Å². The quantitative estimate of drug-likeness (QED) is 0.650. The monoisotopic (exact) mass is 297 g/mol. The topological polar surface area (TPSA) is 12.0 Å². The second-order valence-corrected chi connectivity index (χ2v) is 4.99. The Balaban J connectivity index is 1.92. The van der Waals surface area contributed by atoms with E-state index >= 15 is 0 Å². The van der Waals surface area contributed by atoms with Crippen LogP contribution in [0.15, 0.2) is 36.4 Å². The van der Waals surface area contributed by atoms with Crippen molar-refractivity contribution in [3.63, 3.8) is 0 Å². The van der Waals surface area contributed by atoms with Crippen LogP contribution in [-0.2, 0) is 13.0 Å². The lowest BCUT2D eigenvalue weighted by molar-refractivity contribution is 0.443. The molecule has 0 fully saturated rings. The molecule has 0 bridgehead atoms. The zero-order chi connectivity index (χ0) is 15.4. The van der Waals surface area contributed by atoms with E-state index in [2.05, 4.69) is 5.32 Å². The van der Waals surface area contributed by atoms with E-state index in [1.807, 2.05) is 6.92 Å². The smallest absolute Gasteiger partial charge is 0.194 e. The second-order valence-electron chi connectivity index (χ2n) is 4.99. The minimum Gasteiger partial charge on any atom is -0.310 e. The molecule has 0 aliphatic heterocycles. The van der Waals surface area contributed by atoms with Crippen LogP contribution in [0.3, 0.4) is 0 Å². The molecule has 0 aromatic heterocycles. The maximum absolute atomic E-state index is 13.1. The first kappa shape index (κ1) is 15.5. The Morgan fingerprint density at radius 2 is 1.48 bits per heavy atom. The molecule has 0 aliphatic rings. The molecule has 0 saturated carbocycles. The summed E-state index contributed by atoms with van der Waals surface area (Å²) in [4.78, 5) is 0. The van der Waals surface area contributed by atoms with Crippen LogP contribution in [-0.4, -0.2) is 6.04 Å². The highest BCUT2D eigenvalue weighted by atomic mass is 19.2. The Bertz CT molecular complexity index is 587. The van der Waals surface area contributed by atoms with Gasteiger partial charge >= 0.3 is 0 Å². The summed E-state index contributed by atoms with van der Waals surface area (Å²) < 4.78 is 51.8. The number of hydrogen-bond donors (Lipinski definition) is 1. The SMILES string of the molecule is CC(Cc1ccc(F)cc1)NCc1cc(F)c(F)c(F)c1. The van der Waals surface area contributed by atoms with Gasteiger partial charge in [0.2, 0.25) is 0 Å². The molecule has 1 atom stereocenters. The van der Waals surface area contributed by atoms with Gasteiger partial charge in [-0.25, -0.2) is 17.6 Å². The summed E-state index contributed by atoms with van der Waals surface area (Å²) in [7, 11) is 0. The van der Waals surface area contributed by atoms with Crippen LogP contribution < -0.4 is 5.32 Å². The van der Waals surface area contributed by atoms with E-state index in [1.165, 1.54) is 12.1 Å². The fourth-order valence-electron chi connectivity index (χ4n) is 2.05. The van der Waals surface area contributed by atoms with Gasteiger partial charge in [-0.1, -0.05) is 12.1 Å². The van der Waals surface area contributed by atoms with E-state index in [-0.39, 0.29) is 18.4 Å². The molecule has 0 spiro atoms. The van der Waals surface area contributed by atoms with Crippen molar-refractivity contribution in [1.82, 2.24) is 5.32 Å². The summed E-state index contributed by atoms with van der Waals surface area (Å²) in [5, 5.41) is 3.09. The molecule has 0 aliphatic carbocycles. The van der Waals surface area contributed by atoms with E-state index in [4.69, 9.17) is 0 Å². The summed E-state index contributed by atoms with van der Waals surface area (Å²) in [5.74, 6) is -4.15. The zero-order valence-corrected chi connectivity index (χ0v) is 11.5. The maximum Gasteiger partial charge on any atom is 0.194 e. The fourth-order valence-corrected chi connectivity index (χ4v) is 2.05. The van der Waals surface area contributed by atoms with Gasteiger partial charge in [-0.15, -0.1) is 0 Å². The third-order valence-electron chi connectivity index (χ3n) is 3.15. The van der Waals surface area contributed by atoms with Gasteiger partial charge in [-0.2, -0.15) is 0 Å². The molecular weight excluding hydrogens is 282 g/mol. The van der Waals surface area contributed by atoms with E-state index < -0.39 is 17.5 Å². The van der Waals surface area contributed by atoms with Crippen LogP contribution in [0.5, 0.6) is 0 Å². The Morgan fingerprint density at radius 3 is 2.05 bits per heavy atom. The standard InChI is InChI=1S/C16H15F4N/c1-10(6-11-2-4-13(17)5-3-11)21-9-12-7-14(18)16(20)15(19)8-12/h2-5,7-8,10,21H,6,9H2,1H3. The third-order valence-corrected chi connectivity index (χ3v) is 3.15. The van der Waals surface area contributed by atoms with E-state index in [1.54, 1.807) is 12.1 Å². The molecule has 0 heterocycles. The van der Waals surface area contributed by atoms with Crippen LogP contribution in [0.4, 0.5) is 17.6 Å². The van der Waals surface area contributed by atoms with Crippen LogP contribution >= 0.6 is 0 Å². The Kier molecular flexibility index (Phi) is 4.96. The molecule has 1 unspecified atom stereocenters. The number of nitrogens with one attached hydrogen (secondary N) is 1.